The van der Waals surface area contributed by atoms with Gasteiger partial charge in [0.2, 0.25) is 0 Å². The summed E-state index contributed by atoms with van der Waals surface area (Å²) >= 11 is 1.76. The first-order chi connectivity index (χ1) is 12.6. The molecule has 136 valence electrons. The molecule has 0 fully saturated rings. The second kappa shape index (κ2) is 8.27. The maximum absolute atomic E-state index is 12.7. The number of para-hydroxylation sites is 2. The van der Waals surface area contributed by atoms with Crippen LogP contribution in [0.25, 0.3) is 0 Å². The number of thioether (sulfide) groups is 1. The number of fused-ring (bicyclic) bond motifs is 1. The van der Waals surface area contributed by atoms with Crippen LogP contribution in [-0.4, -0.2) is 37.4 Å². The Kier molecular flexibility index (Phi) is 5.83. The average molecular weight is 371 g/mol. The van der Waals surface area contributed by atoms with Gasteiger partial charge in [0.1, 0.15) is 11.3 Å². The number of carbonyl (C=O) groups is 2. The van der Waals surface area contributed by atoms with E-state index in [2.05, 4.69) is 6.92 Å². The van der Waals surface area contributed by atoms with Gasteiger partial charge in [0.15, 0.2) is 6.61 Å². The SMILES string of the molecule is COc1ccccc1C(=O)OCC(=O)N1CC[C@H](C)Sc2ccccc21. The second-order valence-corrected chi connectivity index (χ2v) is 7.49. The zero-order chi connectivity index (χ0) is 18.5. The molecule has 0 N–H and O–H groups in total. The molecule has 0 unspecified atom stereocenters. The van der Waals surface area contributed by atoms with Crippen molar-refractivity contribution in [2.24, 2.45) is 0 Å². The number of rotatable bonds is 4. The number of hydrogen-bond acceptors (Lipinski definition) is 5. The molecule has 0 saturated carbocycles. The zero-order valence-corrected chi connectivity index (χ0v) is 15.6. The van der Waals surface area contributed by atoms with Crippen molar-refractivity contribution in [1.82, 2.24) is 0 Å². The fraction of sp³-hybridized carbons (Fsp3) is 0.300. The molecule has 0 bridgehead atoms. The molecule has 1 heterocycles. The number of esters is 1. The lowest BCUT2D eigenvalue weighted by Crippen LogP contribution is -2.35. The van der Waals surface area contributed by atoms with Crippen LogP contribution >= 0.6 is 11.8 Å². The Balaban J connectivity index is 1.71. The van der Waals surface area contributed by atoms with Crippen molar-refractivity contribution in [3.05, 3.63) is 54.1 Å². The minimum atomic E-state index is -0.568. The Morgan fingerprint density at radius 2 is 1.88 bits per heavy atom. The van der Waals surface area contributed by atoms with Crippen molar-refractivity contribution in [2.75, 3.05) is 25.2 Å². The van der Waals surface area contributed by atoms with E-state index in [9.17, 15) is 9.59 Å². The molecule has 0 radical (unpaired) electrons. The summed E-state index contributed by atoms with van der Waals surface area (Å²) in [5, 5.41) is 0.421. The number of anilines is 1. The van der Waals surface area contributed by atoms with Crippen LogP contribution in [0.5, 0.6) is 5.75 Å². The van der Waals surface area contributed by atoms with Crippen LogP contribution in [0.3, 0.4) is 0 Å². The molecule has 2 aromatic carbocycles. The maximum atomic E-state index is 12.7. The fourth-order valence-corrected chi connectivity index (χ4v) is 3.95. The summed E-state index contributed by atoms with van der Waals surface area (Å²) in [5.41, 5.74) is 1.18. The lowest BCUT2D eigenvalue weighted by molar-refractivity contribution is -0.121. The van der Waals surface area contributed by atoms with Crippen molar-refractivity contribution in [3.63, 3.8) is 0 Å². The van der Waals surface area contributed by atoms with Crippen LogP contribution < -0.4 is 9.64 Å². The Bertz CT molecular complexity index is 808. The van der Waals surface area contributed by atoms with Crippen LogP contribution in [0, 0.1) is 0 Å². The molecular weight excluding hydrogens is 350 g/mol. The minimum absolute atomic E-state index is 0.226. The van der Waals surface area contributed by atoms with Gasteiger partial charge in [-0.25, -0.2) is 4.79 Å². The molecular formula is C20H21NO4S. The van der Waals surface area contributed by atoms with E-state index in [4.69, 9.17) is 9.47 Å². The quantitative estimate of drug-likeness (QED) is 0.766. The lowest BCUT2D eigenvalue weighted by Gasteiger charge is -2.22. The fourth-order valence-electron chi connectivity index (χ4n) is 2.84. The first-order valence-electron chi connectivity index (χ1n) is 8.46. The molecule has 3 rings (SSSR count). The number of benzene rings is 2. The van der Waals surface area contributed by atoms with E-state index < -0.39 is 5.97 Å². The van der Waals surface area contributed by atoms with Gasteiger partial charge in [-0.1, -0.05) is 31.2 Å². The predicted octanol–water partition coefficient (Wildman–Crippen LogP) is 3.77. The molecule has 26 heavy (non-hydrogen) atoms. The van der Waals surface area contributed by atoms with Gasteiger partial charge in [-0.05, 0) is 30.7 Å². The van der Waals surface area contributed by atoms with Crippen LogP contribution in [0.4, 0.5) is 5.69 Å². The highest BCUT2D eigenvalue weighted by Gasteiger charge is 2.25. The highest BCUT2D eigenvalue weighted by atomic mass is 32.2. The van der Waals surface area contributed by atoms with Gasteiger partial charge in [-0.15, -0.1) is 11.8 Å². The molecule has 6 heteroatoms. The first-order valence-corrected chi connectivity index (χ1v) is 9.34. The molecule has 0 saturated heterocycles. The Morgan fingerprint density at radius 3 is 2.69 bits per heavy atom. The highest BCUT2D eigenvalue weighted by molar-refractivity contribution is 8.00. The van der Waals surface area contributed by atoms with E-state index in [0.29, 0.717) is 23.1 Å². The molecule has 5 nitrogen and oxygen atoms in total. The topological polar surface area (TPSA) is 55.8 Å². The monoisotopic (exact) mass is 371 g/mol. The van der Waals surface area contributed by atoms with Gasteiger partial charge in [-0.3, -0.25) is 4.79 Å². The van der Waals surface area contributed by atoms with Gasteiger partial charge in [0, 0.05) is 16.7 Å². The Labute approximate surface area is 157 Å². The van der Waals surface area contributed by atoms with Gasteiger partial charge >= 0.3 is 5.97 Å². The van der Waals surface area contributed by atoms with Crippen LogP contribution in [0.15, 0.2) is 53.4 Å². The van der Waals surface area contributed by atoms with Crippen molar-refractivity contribution in [2.45, 2.75) is 23.5 Å². The molecule has 1 amide bonds. The Morgan fingerprint density at radius 1 is 1.15 bits per heavy atom. The third-order valence-corrected chi connectivity index (χ3v) is 5.44. The highest BCUT2D eigenvalue weighted by Crippen LogP contribution is 2.37. The summed E-state index contributed by atoms with van der Waals surface area (Å²) in [4.78, 5) is 27.8. The molecule has 1 aliphatic rings. The van der Waals surface area contributed by atoms with Crippen LogP contribution in [0.2, 0.25) is 0 Å². The zero-order valence-electron chi connectivity index (χ0n) is 14.8. The van der Waals surface area contributed by atoms with Crippen molar-refractivity contribution >= 4 is 29.3 Å². The first kappa shape index (κ1) is 18.3. The lowest BCUT2D eigenvalue weighted by atomic mass is 10.2. The van der Waals surface area contributed by atoms with E-state index in [-0.39, 0.29) is 12.5 Å². The summed E-state index contributed by atoms with van der Waals surface area (Å²) in [6.45, 7) is 2.46. The summed E-state index contributed by atoms with van der Waals surface area (Å²) < 4.78 is 10.4. The van der Waals surface area contributed by atoms with E-state index in [1.165, 1.54) is 7.11 Å². The van der Waals surface area contributed by atoms with Crippen molar-refractivity contribution in [3.8, 4) is 5.75 Å². The molecule has 1 atom stereocenters. The van der Waals surface area contributed by atoms with Gasteiger partial charge in [0.05, 0.1) is 12.8 Å². The summed E-state index contributed by atoms with van der Waals surface area (Å²) in [7, 11) is 1.49. The number of carbonyl (C=O) groups excluding carboxylic acids is 2. The Hall–Kier alpha value is -2.47. The normalized spacial score (nSPS) is 16.4. The van der Waals surface area contributed by atoms with E-state index in [1.54, 1.807) is 40.9 Å². The largest absolute Gasteiger partial charge is 0.496 e. The van der Waals surface area contributed by atoms with E-state index in [1.807, 2.05) is 24.3 Å². The van der Waals surface area contributed by atoms with Crippen LogP contribution in [0.1, 0.15) is 23.7 Å². The maximum Gasteiger partial charge on any atom is 0.342 e. The molecule has 0 aliphatic carbocycles. The van der Waals surface area contributed by atoms with Crippen molar-refractivity contribution in [1.29, 1.82) is 0 Å². The number of ether oxygens (including phenoxy) is 2. The van der Waals surface area contributed by atoms with E-state index in [0.717, 1.165) is 17.0 Å². The van der Waals surface area contributed by atoms with E-state index >= 15 is 0 Å². The van der Waals surface area contributed by atoms with Crippen LogP contribution in [-0.2, 0) is 9.53 Å². The van der Waals surface area contributed by atoms with Crippen molar-refractivity contribution < 1.29 is 19.1 Å². The molecule has 0 spiro atoms. The molecule has 1 aliphatic heterocycles. The number of nitrogens with zero attached hydrogens (tertiary/aromatic N) is 1. The summed E-state index contributed by atoms with van der Waals surface area (Å²) in [6.07, 6.45) is 0.880. The number of hydrogen-bond donors (Lipinski definition) is 0. The predicted molar refractivity (Wildman–Crippen MR) is 102 cm³/mol. The number of methoxy groups -OCH3 is 1. The molecule has 0 aromatic heterocycles. The third-order valence-electron chi connectivity index (χ3n) is 4.20. The number of amides is 1. The van der Waals surface area contributed by atoms with Gasteiger partial charge < -0.3 is 14.4 Å². The third kappa shape index (κ3) is 4.02. The minimum Gasteiger partial charge on any atom is -0.496 e. The van der Waals surface area contributed by atoms with Gasteiger partial charge in [0.25, 0.3) is 5.91 Å². The smallest absolute Gasteiger partial charge is 0.342 e. The summed E-state index contributed by atoms with van der Waals surface area (Å²) in [5.74, 6) is -0.368. The van der Waals surface area contributed by atoms with Gasteiger partial charge in [-0.2, -0.15) is 0 Å². The summed E-state index contributed by atoms with van der Waals surface area (Å²) in [6, 6.07) is 14.6. The molecule has 2 aromatic rings. The average Bonchev–Trinajstić information content (AvgIpc) is 2.84. The standard InChI is InChI=1S/C20H21NO4S/c1-14-11-12-21(16-8-4-6-10-18(16)26-14)19(22)13-25-20(23)15-7-3-5-9-17(15)24-2/h3-10,14H,11-13H2,1-2H3/t14-/m0/s1. The second-order valence-electron chi connectivity index (χ2n) is 6.01.